The lowest BCUT2D eigenvalue weighted by molar-refractivity contribution is -0.442. The van der Waals surface area contributed by atoms with Gasteiger partial charge in [0, 0.05) is 6.08 Å². The maximum atomic E-state index is 13.4. The summed E-state index contributed by atoms with van der Waals surface area (Å²) in [6, 6.07) is 0. The Labute approximate surface area is 154 Å². The molecule has 0 unspecified atom stereocenters. The largest absolute Gasteiger partial charge is 0.633 e. The molecule has 0 aromatic rings. The predicted molar refractivity (Wildman–Crippen MR) is 58.3 cm³/mol. The maximum absolute atomic E-state index is 13.4. The molecule has 0 heterocycles. The molecule has 0 fully saturated rings. The van der Waals surface area contributed by atoms with Crippen LogP contribution in [0.15, 0.2) is 12.7 Å². The summed E-state index contributed by atoms with van der Waals surface area (Å²) in [5.74, 6) is -17.5. The first-order valence-corrected chi connectivity index (χ1v) is 7.84. The molecule has 30 heavy (non-hydrogen) atoms. The highest BCUT2D eigenvalue weighted by molar-refractivity contribution is 6.63. The highest BCUT2D eigenvalue weighted by Gasteiger charge is 2.84. The first-order valence-electron chi connectivity index (χ1n) is 6.12. The number of ether oxygens (including phenoxy) is 1. The van der Waals surface area contributed by atoms with Crippen LogP contribution in [0, 0.1) is 0 Å². The molecule has 0 aromatic carbocycles. The van der Waals surface area contributed by atoms with Crippen molar-refractivity contribution in [2.24, 2.45) is 0 Å². The zero-order chi connectivity index (χ0) is 24.6. The summed E-state index contributed by atoms with van der Waals surface area (Å²) in [5.41, 5.74) is 0. The average molecular weight is 504 g/mol. The molecule has 0 N–H and O–H groups in total. The smallest absolute Gasteiger partial charge is 0.393 e. The van der Waals surface area contributed by atoms with Crippen LogP contribution >= 0.6 is 0 Å². The fourth-order valence-electron chi connectivity index (χ4n) is 1.18. The lowest BCUT2D eigenvalue weighted by Gasteiger charge is -2.37. The molecule has 0 saturated carbocycles. The Morgan fingerprint density at radius 3 is 1.30 bits per heavy atom. The number of hydrogen-bond acceptors (Lipinski definition) is 5. The third-order valence-corrected chi connectivity index (χ3v) is 4.46. The first-order chi connectivity index (χ1) is 12.8. The molecule has 0 aliphatic carbocycles. The van der Waals surface area contributed by atoms with E-state index in [1.807, 2.05) is 4.43 Å². The van der Waals surface area contributed by atoms with Gasteiger partial charge in [-0.15, -0.1) is 26.3 Å². The molecule has 0 rings (SSSR count). The van der Waals surface area contributed by atoms with Crippen molar-refractivity contribution < 1.29 is 88.7 Å². The van der Waals surface area contributed by atoms with E-state index in [1.165, 1.54) is 0 Å². The molecule has 0 aliphatic rings. The van der Waals surface area contributed by atoms with Gasteiger partial charge in [-0.05, 0) is 0 Å². The van der Waals surface area contributed by atoms with Gasteiger partial charge in [0.25, 0.3) is 0 Å². The molecule has 0 spiro atoms. The van der Waals surface area contributed by atoms with Crippen molar-refractivity contribution in [2.75, 3.05) is 0 Å². The summed E-state index contributed by atoms with van der Waals surface area (Å²) >= 11 is 0. The maximum Gasteiger partial charge on any atom is 0.633 e. The molecular weight excluding hydrogens is 501 g/mol. The minimum atomic E-state index is -9.11. The van der Waals surface area contributed by atoms with E-state index < -0.39 is 51.4 Å². The molecule has 0 saturated heterocycles. The Balaban J connectivity index is 6.53. The minimum absolute atomic E-state index is 0.350. The fourth-order valence-corrected chi connectivity index (χ4v) is 2.72. The van der Waals surface area contributed by atoms with Crippen molar-refractivity contribution in [1.29, 1.82) is 0 Å². The first kappa shape index (κ1) is 28.3. The SMILES string of the molecule is C=CC(=O)OC(F)(F)C(F)(F)C(F)(F)O[Si](OC(F)(F)F)(OC(F)(F)F)C(F)(F)F. The fraction of sp³-hybridized carbons (Fsp3) is 0.667. The normalized spacial score (nSPS) is 15.2. The molecule has 178 valence electrons. The average Bonchev–Trinajstić information content (AvgIpc) is 2.40. The molecule has 0 bridgehead atoms. The van der Waals surface area contributed by atoms with Crippen LogP contribution in [0.25, 0.3) is 0 Å². The van der Waals surface area contributed by atoms with Crippen molar-refractivity contribution in [3.63, 3.8) is 0 Å². The highest BCUT2D eigenvalue weighted by Crippen LogP contribution is 2.51. The quantitative estimate of drug-likeness (QED) is 0.208. The number of carbonyl (C=O) groups excluding carboxylic acids is 1. The zero-order valence-electron chi connectivity index (χ0n) is 13.0. The van der Waals surface area contributed by atoms with Gasteiger partial charge in [0.15, 0.2) is 0 Å². The zero-order valence-corrected chi connectivity index (χ0v) is 14.0. The van der Waals surface area contributed by atoms with Gasteiger partial charge in [0.05, 0.1) is 0 Å². The van der Waals surface area contributed by atoms with Gasteiger partial charge in [-0.2, -0.15) is 39.5 Å². The standard InChI is InChI=1S/C9H3F15O5Si/c1-2-3(25)26-5(12,13)4(10,11)6(14,15)27-30(9(22,23)24,28-7(16,17)18)29-8(19,20)21/h2H,1H2. The second kappa shape index (κ2) is 8.07. The van der Waals surface area contributed by atoms with Gasteiger partial charge >= 0.3 is 51.4 Å². The Morgan fingerprint density at radius 2 is 1.03 bits per heavy atom. The second-order valence-electron chi connectivity index (χ2n) is 4.48. The topological polar surface area (TPSA) is 54.0 Å². The van der Waals surface area contributed by atoms with Gasteiger partial charge in [-0.25, -0.2) is 4.79 Å². The van der Waals surface area contributed by atoms with Crippen LogP contribution < -0.4 is 0 Å². The van der Waals surface area contributed by atoms with E-state index in [0.717, 1.165) is 0 Å². The van der Waals surface area contributed by atoms with E-state index in [2.05, 4.69) is 11.3 Å². The Hall–Kier alpha value is -1.74. The van der Waals surface area contributed by atoms with Crippen molar-refractivity contribution >= 4 is 14.8 Å². The summed E-state index contributed by atoms with van der Waals surface area (Å²) in [6.45, 7) is 2.36. The van der Waals surface area contributed by atoms with E-state index in [4.69, 9.17) is 0 Å². The summed E-state index contributed by atoms with van der Waals surface area (Å²) in [4.78, 5) is 10.5. The van der Waals surface area contributed by atoms with Crippen LogP contribution in [0.5, 0.6) is 0 Å². The summed E-state index contributed by atoms with van der Waals surface area (Å²) in [6.07, 6.45) is -28.6. The van der Waals surface area contributed by atoms with E-state index >= 15 is 0 Å². The van der Waals surface area contributed by atoms with Crippen molar-refractivity contribution in [1.82, 2.24) is 0 Å². The molecule has 21 heteroatoms. The molecule has 0 atom stereocenters. The van der Waals surface area contributed by atoms with Crippen LogP contribution in [-0.4, -0.2) is 51.4 Å². The van der Waals surface area contributed by atoms with E-state index in [9.17, 15) is 70.7 Å². The van der Waals surface area contributed by atoms with Gasteiger partial charge in [-0.3, -0.25) is 8.85 Å². The van der Waals surface area contributed by atoms with Crippen LogP contribution in [0.3, 0.4) is 0 Å². The van der Waals surface area contributed by atoms with Crippen molar-refractivity contribution in [2.45, 2.75) is 36.7 Å². The Morgan fingerprint density at radius 1 is 0.667 bits per heavy atom. The number of alkyl halides is 15. The van der Waals surface area contributed by atoms with E-state index in [0.29, 0.717) is 0 Å². The Bertz CT molecular complexity index is 620. The summed E-state index contributed by atoms with van der Waals surface area (Å²) in [7, 11) is -9.11. The third-order valence-electron chi connectivity index (χ3n) is 2.24. The molecule has 0 aromatic heterocycles. The van der Waals surface area contributed by atoms with Crippen LogP contribution in [0.4, 0.5) is 65.9 Å². The van der Waals surface area contributed by atoms with E-state index in [-0.39, 0.29) is 6.08 Å². The number of hydrogen-bond donors (Lipinski definition) is 0. The summed E-state index contributed by atoms with van der Waals surface area (Å²) in [5, 5.41) is 0. The molecule has 0 radical (unpaired) electrons. The Kier molecular flexibility index (Phi) is 7.60. The number of carbonyl (C=O) groups is 1. The number of halogens is 15. The van der Waals surface area contributed by atoms with Crippen LogP contribution in [0.2, 0.25) is 0 Å². The second-order valence-corrected chi connectivity index (χ2v) is 6.78. The van der Waals surface area contributed by atoms with Crippen LogP contribution in [0.1, 0.15) is 0 Å². The van der Waals surface area contributed by atoms with Gasteiger partial charge in [-0.1, -0.05) is 6.58 Å². The number of esters is 1. The number of rotatable bonds is 8. The highest BCUT2D eigenvalue weighted by atomic mass is 28.4. The van der Waals surface area contributed by atoms with Crippen molar-refractivity contribution in [3.8, 4) is 0 Å². The van der Waals surface area contributed by atoms with Crippen LogP contribution in [-0.2, 0) is 22.8 Å². The predicted octanol–water partition coefficient (Wildman–Crippen LogP) is 4.67. The molecule has 0 amide bonds. The third kappa shape index (κ3) is 6.63. The van der Waals surface area contributed by atoms with E-state index in [1.54, 1.807) is 8.85 Å². The van der Waals surface area contributed by atoms with Gasteiger partial charge in [0.2, 0.25) is 0 Å². The lowest BCUT2D eigenvalue weighted by atomic mass is 10.3. The molecule has 5 nitrogen and oxygen atoms in total. The van der Waals surface area contributed by atoms with Gasteiger partial charge < -0.3 is 9.16 Å². The van der Waals surface area contributed by atoms with Gasteiger partial charge in [0.1, 0.15) is 0 Å². The lowest BCUT2D eigenvalue weighted by Crippen LogP contribution is -2.69. The molecular formula is C9H3F15O5Si. The molecule has 0 aliphatic heterocycles. The monoisotopic (exact) mass is 504 g/mol. The van der Waals surface area contributed by atoms with Crippen molar-refractivity contribution in [3.05, 3.63) is 12.7 Å². The minimum Gasteiger partial charge on any atom is -0.393 e. The summed E-state index contributed by atoms with van der Waals surface area (Å²) < 4.78 is 198.